The summed E-state index contributed by atoms with van der Waals surface area (Å²) in [7, 11) is 0. The van der Waals surface area contributed by atoms with Crippen LogP contribution in [0.1, 0.15) is 11.1 Å². The summed E-state index contributed by atoms with van der Waals surface area (Å²) >= 11 is 0. The van der Waals surface area contributed by atoms with Crippen LogP contribution in [0.5, 0.6) is 0 Å². The molecular weight excluding hydrogens is 576 g/mol. The molecule has 0 bridgehead atoms. The van der Waals surface area contributed by atoms with Crippen molar-refractivity contribution in [1.82, 2.24) is 0 Å². The van der Waals surface area contributed by atoms with Crippen LogP contribution in [0.3, 0.4) is 0 Å². The molecule has 3 aliphatic rings. The maximum Gasteiger partial charge on any atom is 0.338 e. The molecule has 3 aliphatic heterocycles. The van der Waals surface area contributed by atoms with E-state index in [2.05, 4.69) is 0 Å². The van der Waals surface area contributed by atoms with E-state index in [0.717, 1.165) is 32.6 Å². The van der Waals surface area contributed by atoms with Crippen LogP contribution in [0.25, 0.3) is 10.8 Å². The third kappa shape index (κ3) is 3.34. The first-order valence-corrected chi connectivity index (χ1v) is 14.8. The standard InChI is InChI=1S/C37H18B2F2N4O/c40-28-15-21(19-42)17-30-33(28)38(24-7-3-1-4-8-24)26-13-11-23-12-14-27-36-32(23)35(26)44(30)37(46)45(36)31-18-22(20-43)16-29(41)34(31)39(27)25-9-5-2-6-10-25/h1-18H. The molecule has 9 rings (SSSR count). The fraction of sp³-hybridized carbons (Fsp3) is 0. The summed E-state index contributed by atoms with van der Waals surface area (Å²) in [5.74, 6) is -1.19. The quantitative estimate of drug-likeness (QED) is 0.286. The Bertz CT molecular complexity index is 2260. The maximum absolute atomic E-state index is 16.2. The summed E-state index contributed by atoms with van der Waals surface area (Å²) < 4.78 is 32.4. The van der Waals surface area contributed by atoms with Gasteiger partial charge in [0.1, 0.15) is 11.6 Å². The average molecular weight is 594 g/mol. The molecule has 5 nitrogen and oxygen atoms in total. The largest absolute Gasteiger partial charge is 0.338 e. The molecule has 0 unspecified atom stereocenters. The number of fused-ring (bicyclic) bond motifs is 4. The SMILES string of the molecule is N#Cc1cc(F)c2c(c1)N1C(=O)N3c4cc(C#N)cc(F)c4B(c4ccccc4)c4ccc5ccc(c1c5c43)B2c1ccccc1. The zero-order valence-electron chi connectivity index (χ0n) is 24.0. The molecule has 6 aromatic rings. The number of hydrogen-bond acceptors (Lipinski definition) is 3. The van der Waals surface area contributed by atoms with Crippen molar-refractivity contribution in [3.63, 3.8) is 0 Å². The van der Waals surface area contributed by atoms with Crippen LogP contribution in [0, 0.1) is 34.3 Å². The van der Waals surface area contributed by atoms with Crippen molar-refractivity contribution in [2.75, 3.05) is 9.80 Å². The van der Waals surface area contributed by atoms with Crippen LogP contribution >= 0.6 is 0 Å². The van der Waals surface area contributed by atoms with Gasteiger partial charge in [-0.2, -0.15) is 10.5 Å². The molecule has 0 saturated carbocycles. The highest BCUT2D eigenvalue weighted by Crippen LogP contribution is 2.47. The number of urea groups is 1. The summed E-state index contributed by atoms with van der Waals surface area (Å²) in [5.41, 5.74) is 5.63. The molecule has 0 aromatic heterocycles. The van der Waals surface area contributed by atoms with Gasteiger partial charge in [-0.25, -0.2) is 13.6 Å². The average Bonchev–Trinajstić information content (AvgIpc) is 3.09. The normalized spacial score (nSPS) is 13.7. The third-order valence-electron chi connectivity index (χ3n) is 9.44. The Morgan fingerprint density at radius 2 is 1.02 bits per heavy atom. The molecule has 0 N–H and O–H groups in total. The van der Waals surface area contributed by atoms with Gasteiger partial charge in [-0.05, 0) is 51.5 Å². The van der Waals surface area contributed by atoms with E-state index < -0.39 is 31.1 Å². The molecule has 0 fully saturated rings. The Morgan fingerprint density at radius 1 is 0.587 bits per heavy atom. The zero-order chi connectivity index (χ0) is 31.3. The lowest BCUT2D eigenvalue weighted by Gasteiger charge is -2.46. The Kier molecular flexibility index (Phi) is 5.37. The number of nitriles is 2. The van der Waals surface area contributed by atoms with Crippen LogP contribution in [0.2, 0.25) is 0 Å². The minimum absolute atomic E-state index is 0.0760. The van der Waals surface area contributed by atoms with Crippen molar-refractivity contribution >= 4 is 85.8 Å². The van der Waals surface area contributed by atoms with E-state index in [-0.39, 0.29) is 33.4 Å². The van der Waals surface area contributed by atoms with Gasteiger partial charge in [-0.3, -0.25) is 9.80 Å². The van der Waals surface area contributed by atoms with Crippen molar-refractivity contribution in [2.24, 2.45) is 0 Å². The van der Waals surface area contributed by atoms with Crippen LogP contribution in [0.4, 0.5) is 36.3 Å². The van der Waals surface area contributed by atoms with E-state index in [1.54, 1.807) is 12.1 Å². The van der Waals surface area contributed by atoms with Gasteiger partial charge < -0.3 is 0 Å². The van der Waals surface area contributed by atoms with Gasteiger partial charge >= 0.3 is 6.03 Å². The fourth-order valence-corrected chi connectivity index (χ4v) is 7.67. The molecule has 6 aromatic carbocycles. The molecule has 2 amide bonds. The minimum Gasteiger partial charge on any atom is -0.263 e. The van der Waals surface area contributed by atoms with Gasteiger partial charge in [-0.15, -0.1) is 0 Å². The highest BCUT2D eigenvalue weighted by atomic mass is 19.1. The summed E-state index contributed by atoms with van der Waals surface area (Å²) in [6.45, 7) is -1.11. The number of hydrogen-bond donors (Lipinski definition) is 0. The van der Waals surface area contributed by atoms with Crippen molar-refractivity contribution in [2.45, 2.75) is 0 Å². The lowest BCUT2D eigenvalue weighted by atomic mass is 9.33. The van der Waals surface area contributed by atoms with E-state index in [9.17, 15) is 10.5 Å². The number of benzene rings is 6. The highest BCUT2D eigenvalue weighted by molar-refractivity contribution is 7.00. The molecule has 0 atom stereocenters. The van der Waals surface area contributed by atoms with Crippen molar-refractivity contribution in [3.8, 4) is 12.1 Å². The first kappa shape index (κ1) is 26.2. The number of carbonyl (C=O) groups is 1. The van der Waals surface area contributed by atoms with Gasteiger partial charge in [0.15, 0.2) is 0 Å². The fourth-order valence-electron chi connectivity index (χ4n) is 7.67. The zero-order valence-corrected chi connectivity index (χ0v) is 24.0. The second-order valence-electron chi connectivity index (χ2n) is 11.8. The molecular formula is C37H18B2F2N4O. The molecule has 9 heteroatoms. The van der Waals surface area contributed by atoms with Crippen LogP contribution in [-0.4, -0.2) is 19.5 Å². The predicted octanol–water partition coefficient (Wildman–Crippen LogP) is 3.93. The lowest BCUT2D eigenvalue weighted by Crippen LogP contribution is -2.65. The first-order valence-electron chi connectivity index (χ1n) is 14.8. The topological polar surface area (TPSA) is 71.1 Å². The van der Waals surface area contributed by atoms with Crippen LogP contribution < -0.4 is 42.6 Å². The van der Waals surface area contributed by atoms with Gasteiger partial charge in [0, 0.05) is 5.39 Å². The Morgan fingerprint density at radius 3 is 1.43 bits per heavy atom. The molecule has 3 heterocycles. The molecule has 212 valence electrons. The van der Waals surface area contributed by atoms with Gasteiger partial charge in [0.25, 0.3) is 13.4 Å². The maximum atomic E-state index is 16.2. The van der Waals surface area contributed by atoms with Crippen molar-refractivity contribution in [1.29, 1.82) is 10.5 Å². The monoisotopic (exact) mass is 594 g/mol. The number of nitrogens with zero attached hydrogens (tertiary/aromatic N) is 4. The molecule has 0 saturated heterocycles. The van der Waals surface area contributed by atoms with Gasteiger partial charge in [-0.1, -0.05) is 95.9 Å². The van der Waals surface area contributed by atoms with E-state index >= 15 is 13.6 Å². The van der Waals surface area contributed by atoms with E-state index in [1.165, 1.54) is 21.9 Å². The van der Waals surface area contributed by atoms with E-state index in [4.69, 9.17) is 0 Å². The van der Waals surface area contributed by atoms with Crippen molar-refractivity contribution < 1.29 is 13.6 Å². The number of amides is 2. The van der Waals surface area contributed by atoms with Gasteiger partial charge in [0.2, 0.25) is 0 Å². The lowest BCUT2D eigenvalue weighted by molar-refractivity contribution is 0.255. The molecule has 0 radical (unpaired) electrons. The van der Waals surface area contributed by atoms with Crippen LogP contribution in [-0.2, 0) is 0 Å². The number of carbonyl (C=O) groups excluding carboxylic acids is 1. The Labute approximate surface area is 263 Å². The summed E-state index contributed by atoms with van der Waals surface area (Å²) in [5, 5.41) is 21.3. The highest BCUT2D eigenvalue weighted by Gasteiger charge is 2.49. The Balaban J connectivity index is 1.46. The summed E-state index contributed by atoms with van der Waals surface area (Å²) in [6.07, 6.45) is 0. The van der Waals surface area contributed by atoms with E-state index in [0.29, 0.717) is 11.4 Å². The van der Waals surface area contributed by atoms with Gasteiger partial charge in [0.05, 0.1) is 46.0 Å². The third-order valence-corrected chi connectivity index (χ3v) is 9.44. The van der Waals surface area contributed by atoms with Crippen LogP contribution in [0.15, 0.2) is 109 Å². The van der Waals surface area contributed by atoms with Crippen molar-refractivity contribution in [3.05, 3.63) is 132 Å². The summed E-state index contributed by atoms with van der Waals surface area (Å²) in [4.78, 5) is 18.0. The minimum atomic E-state index is -0.595. The van der Waals surface area contributed by atoms with E-state index in [1.807, 2.05) is 97.1 Å². The Hall–Kier alpha value is -6.18. The summed E-state index contributed by atoms with van der Waals surface area (Å²) in [6, 6.07) is 36.0. The molecule has 0 aliphatic carbocycles. The number of rotatable bonds is 2. The number of anilines is 4. The molecule has 0 spiro atoms. The second kappa shape index (κ2) is 9.41. The second-order valence-corrected chi connectivity index (χ2v) is 11.8. The first-order chi connectivity index (χ1) is 22.5. The number of halogens is 2. The smallest absolute Gasteiger partial charge is 0.263 e. The molecule has 46 heavy (non-hydrogen) atoms. The predicted molar refractivity (Wildman–Crippen MR) is 178 cm³/mol.